The number of sulfonamides is 1. The molecule has 1 aromatic carbocycles. The summed E-state index contributed by atoms with van der Waals surface area (Å²) in [6, 6.07) is 6.08. The van der Waals surface area contributed by atoms with Crippen LogP contribution in [0.3, 0.4) is 0 Å². The van der Waals surface area contributed by atoms with E-state index in [1.807, 2.05) is 20.8 Å². The second-order valence-corrected chi connectivity index (χ2v) is 6.33. The third-order valence-electron chi connectivity index (χ3n) is 2.81. The molecule has 1 atom stereocenters. The Balaban J connectivity index is 2.87. The second kappa shape index (κ2) is 6.88. The molecule has 0 aliphatic rings. The first-order chi connectivity index (χ1) is 8.90. The van der Waals surface area contributed by atoms with Crippen molar-refractivity contribution in [3.05, 3.63) is 24.3 Å². The normalized spacial score (nSPS) is 13.5. The maximum atomic E-state index is 12.2. The van der Waals surface area contributed by atoms with Gasteiger partial charge in [-0.05, 0) is 37.1 Å². The largest absolute Gasteiger partial charge is 0.494 e. The molecule has 108 valence electrons. The van der Waals surface area contributed by atoms with E-state index >= 15 is 0 Å². The molecule has 19 heavy (non-hydrogen) atoms. The monoisotopic (exact) mass is 286 g/mol. The van der Waals surface area contributed by atoms with Crippen LogP contribution >= 0.6 is 0 Å². The molecule has 0 amide bonds. The lowest BCUT2D eigenvalue weighted by molar-refractivity contribution is 0.340. The maximum absolute atomic E-state index is 12.2. The van der Waals surface area contributed by atoms with Crippen LogP contribution in [0, 0.1) is 5.92 Å². The van der Waals surface area contributed by atoms with Gasteiger partial charge >= 0.3 is 0 Å². The number of nitrogens with one attached hydrogen (secondary N) is 1. The van der Waals surface area contributed by atoms with Gasteiger partial charge in [0.2, 0.25) is 10.0 Å². The lowest BCUT2D eigenvalue weighted by atomic mass is 10.1. The molecule has 5 nitrogen and oxygen atoms in total. The predicted octanol–water partition coefficient (Wildman–Crippen LogP) is 1.35. The van der Waals surface area contributed by atoms with E-state index < -0.39 is 10.0 Å². The van der Waals surface area contributed by atoms with Gasteiger partial charge in [-0.15, -0.1) is 0 Å². The Morgan fingerprint density at radius 2 is 1.84 bits per heavy atom. The number of ether oxygens (including phenoxy) is 1. The van der Waals surface area contributed by atoms with E-state index in [9.17, 15) is 8.42 Å². The van der Waals surface area contributed by atoms with Crippen LogP contribution in [-0.2, 0) is 10.0 Å². The van der Waals surface area contributed by atoms with Crippen molar-refractivity contribution in [2.24, 2.45) is 11.7 Å². The van der Waals surface area contributed by atoms with Gasteiger partial charge in [-0.3, -0.25) is 0 Å². The summed E-state index contributed by atoms with van der Waals surface area (Å²) < 4.78 is 32.2. The van der Waals surface area contributed by atoms with Crippen molar-refractivity contribution in [1.29, 1.82) is 0 Å². The van der Waals surface area contributed by atoms with Crippen molar-refractivity contribution < 1.29 is 13.2 Å². The lowest BCUT2D eigenvalue weighted by Gasteiger charge is -2.20. The average molecular weight is 286 g/mol. The minimum atomic E-state index is -3.53. The Hall–Kier alpha value is -1.11. The van der Waals surface area contributed by atoms with Gasteiger partial charge in [-0.2, -0.15) is 0 Å². The summed E-state index contributed by atoms with van der Waals surface area (Å²) >= 11 is 0. The number of hydrogen-bond donors (Lipinski definition) is 2. The van der Waals surface area contributed by atoms with E-state index in [0.717, 1.165) is 0 Å². The van der Waals surface area contributed by atoms with Crippen LogP contribution in [0.5, 0.6) is 5.75 Å². The second-order valence-electron chi connectivity index (χ2n) is 4.61. The Labute approximate surface area is 115 Å². The van der Waals surface area contributed by atoms with E-state index in [4.69, 9.17) is 10.5 Å². The molecule has 6 heteroatoms. The Morgan fingerprint density at radius 1 is 1.26 bits per heavy atom. The van der Waals surface area contributed by atoms with Crippen molar-refractivity contribution >= 4 is 10.0 Å². The van der Waals surface area contributed by atoms with Gasteiger partial charge < -0.3 is 10.5 Å². The summed E-state index contributed by atoms with van der Waals surface area (Å²) in [7, 11) is -3.53. The number of hydrogen-bond acceptors (Lipinski definition) is 4. The van der Waals surface area contributed by atoms with Crippen molar-refractivity contribution in [2.45, 2.75) is 31.7 Å². The minimum absolute atomic E-state index is 0.141. The van der Waals surface area contributed by atoms with E-state index in [1.54, 1.807) is 12.1 Å². The van der Waals surface area contributed by atoms with Crippen molar-refractivity contribution in [1.82, 2.24) is 4.72 Å². The zero-order chi connectivity index (χ0) is 14.5. The van der Waals surface area contributed by atoms with Gasteiger partial charge in [-0.25, -0.2) is 13.1 Å². The van der Waals surface area contributed by atoms with Crippen LogP contribution < -0.4 is 15.2 Å². The highest BCUT2D eigenvalue weighted by Crippen LogP contribution is 2.16. The third-order valence-corrected chi connectivity index (χ3v) is 4.32. The van der Waals surface area contributed by atoms with Gasteiger partial charge in [0.25, 0.3) is 0 Å². The summed E-state index contributed by atoms with van der Waals surface area (Å²) in [5, 5.41) is 0. The summed E-state index contributed by atoms with van der Waals surface area (Å²) in [5.41, 5.74) is 5.58. The first-order valence-electron chi connectivity index (χ1n) is 6.36. The van der Waals surface area contributed by atoms with E-state index in [0.29, 0.717) is 12.4 Å². The highest BCUT2D eigenvalue weighted by atomic mass is 32.2. The van der Waals surface area contributed by atoms with E-state index in [1.165, 1.54) is 12.1 Å². The molecule has 0 aliphatic heterocycles. The van der Waals surface area contributed by atoms with Crippen molar-refractivity contribution in [3.63, 3.8) is 0 Å². The van der Waals surface area contributed by atoms with Crippen LogP contribution in [-0.4, -0.2) is 27.6 Å². The van der Waals surface area contributed by atoms with Gasteiger partial charge in [-0.1, -0.05) is 13.8 Å². The van der Waals surface area contributed by atoms with Crippen LogP contribution in [0.25, 0.3) is 0 Å². The SMILES string of the molecule is CCOc1ccc(S(=O)(=O)NC(CN)C(C)C)cc1. The van der Waals surface area contributed by atoms with Crippen molar-refractivity contribution in [2.75, 3.05) is 13.2 Å². The molecule has 0 radical (unpaired) electrons. The molecule has 0 bridgehead atoms. The zero-order valence-electron chi connectivity index (χ0n) is 11.6. The maximum Gasteiger partial charge on any atom is 0.240 e. The summed E-state index contributed by atoms with van der Waals surface area (Å²) in [5.74, 6) is 0.795. The van der Waals surface area contributed by atoms with E-state index in [2.05, 4.69) is 4.72 Å². The first-order valence-corrected chi connectivity index (χ1v) is 7.84. The smallest absolute Gasteiger partial charge is 0.240 e. The number of rotatable bonds is 7. The predicted molar refractivity (Wildman–Crippen MR) is 75.6 cm³/mol. The van der Waals surface area contributed by atoms with Crippen LogP contribution in [0.2, 0.25) is 0 Å². The zero-order valence-corrected chi connectivity index (χ0v) is 12.4. The number of nitrogens with two attached hydrogens (primary N) is 1. The van der Waals surface area contributed by atoms with Gasteiger partial charge in [0.15, 0.2) is 0 Å². The summed E-state index contributed by atoms with van der Waals surface area (Å²) in [6.45, 7) is 6.55. The fourth-order valence-electron chi connectivity index (χ4n) is 1.61. The molecule has 1 rings (SSSR count). The van der Waals surface area contributed by atoms with Gasteiger partial charge in [0.1, 0.15) is 5.75 Å². The highest BCUT2D eigenvalue weighted by Gasteiger charge is 2.21. The third kappa shape index (κ3) is 4.49. The van der Waals surface area contributed by atoms with Crippen LogP contribution in [0.1, 0.15) is 20.8 Å². The average Bonchev–Trinajstić information content (AvgIpc) is 2.37. The van der Waals surface area contributed by atoms with Crippen LogP contribution in [0.4, 0.5) is 0 Å². The standard InChI is InChI=1S/C13H22N2O3S/c1-4-18-11-5-7-12(8-6-11)19(16,17)15-13(9-14)10(2)3/h5-8,10,13,15H,4,9,14H2,1-3H3. The molecular formula is C13H22N2O3S. The highest BCUT2D eigenvalue weighted by molar-refractivity contribution is 7.89. The van der Waals surface area contributed by atoms with Gasteiger partial charge in [0, 0.05) is 12.6 Å². The topological polar surface area (TPSA) is 81.4 Å². The Kier molecular flexibility index (Phi) is 5.78. The van der Waals surface area contributed by atoms with Crippen LogP contribution in [0.15, 0.2) is 29.2 Å². The fourth-order valence-corrected chi connectivity index (χ4v) is 3.00. The Morgan fingerprint density at radius 3 is 2.26 bits per heavy atom. The molecule has 1 aromatic rings. The number of benzene rings is 1. The molecule has 0 saturated heterocycles. The van der Waals surface area contributed by atoms with E-state index in [-0.39, 0.29) is 23.4 Å². The van der Waals surface area contributed by atoms with Crippen molar-refractivity contribution in [3.8, 4) is 5.75 Å². The first kappa shape index (κ1) is 15.9. The molecule has 0 aromatic heterocycles. The minimum Gasteiger partial charge on any atom is -0.494 e. The summed E-state index contributed by atoms with van der Waals surface area (Å²) in [6.07, 6.45) is 0. The quantitative estimate of drug-likeness (QED) is 0.792. The molecule has 0 fully saturated rings. The fraction of sp³-hybridized carbons (Fsp3) is 0.538. The molecular weight excluding hydrogens is 264 g/mol. The molecule has 0 saturated carbocycles. The Bertz CT molecular complexity index is 483. The molecule has 0 aliphatic carbocycles. The lowest BCUT2D eigenvalue weighted by Crippen LogP contribution is -2.43. The molecule has 0 heterocycles. The molecule has 3 N–H and O–H groups in total. The van der Waals surface area contributed by atoms with Gasteiger partial charge in [0.05, 0.1) is 11.5 Å². The summed E-state index contributed by atoms with van der Waals surface area (Å²) in [4.78, 5) is 0.218. The molecule has 1 unspecified atom stereocenters. The molecule has 0 spiro atoms.